The third-order valence-corrected chi connectivity index (χ3v) is 4.14. The molecule has 142 valence electrons. The highest BCUT2D eigenvalue weighted by Gasteiger charge is 2.40. The Bertz CT molecular complexity index is 590. The number of ether oxygens (including phenoxy) is 2. The molecule has 2 rings (SSSR count). The van der Waals surface area contributed by atoms with E-state index in [-0.39, 0.29) is 24.1 Å². The summed E-state index contributed by atoms with van der Waals surface area (Å²) in [6.45, 7) is 1.55. The number of hydrogen-bond donors (Lipinski definition) is 2. The molecule has 1 heterocycles. The normalized spacial score (nSPS) is 16.7. The first kappa shape index (κ1) is 21.5. The van der Waals surface area contributed by atoms with E-state index in [4.69, 9.17) is 9.47 Å². The van der Waals surface area contributed by atoms with E-state index in [0.29, 0.717) is 37.2 Å². The van der Waals surface area contributed by atoms with E-state index in [2.05, 4.69) is 10.6 Å². The lowest BCUT2D eigenvalue weighted by molar-refractivity contribution is -0.153. The third kappa shape index (κ3) is 5.49. The smallest absolute Gasteiger partial charge is 0.422 e. The zero-order valence-electron chi connectivity index (χ0n) is 14.0. The first-order valence-corrected chi connectivity index (χ1v) is 7.64. The number of anilines is 1. The maximum atomic E-state index is 12.6. The molecule has 1 aromatic rings. The number of halogens is 4. The van der Waals surface area contributed by atoms with Gasteiger partial charge in [-0.15, -0.1) is 12.4 Å². The second-order valence-electron chi connectivity index (χ2n) is 5.74. The van der Waals surface area contributed by atoms with Gasteiger partial charge in [0.15, 0.2) is 6.61 Å². The Morgan fingerprint density at radius 2 is 1.96 bits per heavy atom. The minimum Gasteiger partial charge on any atom is -0.484 e. The van der Waals surface area contributed by atoms with Crippen LogP contribution < -0.4 is 15.4 Å². The van der Waals surface area contributed by atoms with Gasteiger partial charge in [-0.3, -0.25) is 4.79 Å². The zero-order valence-corrected chi connectivity index (χ0v) is 14.9. The van der Waals surface area contributed by atoms with Gasteiger partial charge in [0, 0.05) is 18.4 Å². The predicted molar refractivity (Wildman–Crippen MR) is 90.5 cm³/mol. The van der Waals surface area contributed by atoms with Crippen molar-refractivity contribution in [1.29, 1.82) is 0 Å². The van der Waals surface area contributed by atoms with Crippen LogP contribution in [0.4, 0.5) is 18.9 Å². The molecule has 1 fully saturated rings. The molecule has 0 aliphatic carbocycles. The number of piperidine rings is 1. The zero-order chi connectivity index (χ0) is 17.8. The fourth-order valence-electron chi connectivity index (χ4n) is 2.66. The van der Waals surface area contributed by atoms with E-state index in [0.717, 1.165) is 0 Å². The van der Waals surface area contributed by atoms with Gasteiger partial charge < -0.3 is 20.1 Å². The number of carbonyl (C=O) groups is 1. The van der Waals surface area contributed by atoms with Gasteiger partial charge >= 0.3 is 6.18 Å². The number of rotatable bonds is 5. The molecular weight excluding hydrogens is 361 g/mol. The second kappa shape index (κ2) is 8.73. The quantitative estimate of drug-likeness (QED) is 0.821. The lowest BCUT2D eigenvalue weighted by atomic mass is 9.91. The van der Waals surface area contributed by atoms with Crippen molar-refractivity contribution in [2.75, 3.05) is 32.1 Å². The van der Waals surface area contributed by atoms with Gasteiger partial charge in [0.25, 0.3) is 5.91 Å². The molecule has 1 aliphatic heterocycles. The van der Waals surface area contributed by atoms with Crippen LogP contribution in [-0.2, 0) is 9.53 Å². The second-order valence-corrected chi connectivity index (χ2v) is 5.74. The average molecular weight is 383 g/mol. The minimum atomic E-state index is -4.42. The number of alkyl halides is 3. The Balaban J connectivity index is 0.00000312. The summed E-state index contributed by atoms with van der Waals surface area (Å²) in [6, 6.07) is 4.60. The van der Waals surface area contributed by atoms with Crippen molar-refractivity contribution in [3.05, 3.63) is 23.8 Å². The van der Waals surface area contributed by atoms with Crippen LogP contribution in [-0.4, -0.2) is 44.5 Å². The van der Waals surface area contributed by atoms with Crippen LogP contribution in [0.25, 0.3) is 0 Å². The van der Waals surface area contributed by atoms with Gasteiger partial charge in [-0.05, 0) is 45.0 Å². The largest absolute Gasteiger partial charge is 0.484 e. The Labute approximate surface area is 150 Å². The Hall–Kier alpha value is -1.51. The lowest BCUT2D eigenvalue weighted by Crippen LogP contribution is -2.51. The van der Waals surface area contributed by atoms with Gasteiger partial charge in [0.05, 0.1) is 0 Å². The van der Waals surface area contributed by atoms with E-state index >= 15 is 0 Å². The Morgan fingerprint density at radius 1 is 1.32 bits per heavy atom. The highest BCUT2D eigenvalue weighted by Crippen LogP contribution is 2.30. The summed E-state index contributed by atoms with van der Waals surface area (Å²) in [5.74, 6) is -0.218. The fraction of sp³-hybridized carbons (Fsp3) is 0.562. The van der Waals surface area contributed by atoms with Crippen LogP contribution in [0.2, 0.25) is 0 Å². The molecule has 0 radical (unpaired) electrons. The van der Waals surface area contributed by atoms with E-state index < -0.39 is 18.4 Å². The molecule has 0 bridgehead atoms. The molecule has 2 N–H and O–H groups in total. The van der Waals surface area contributed by atoms with E-state index in [1.807, 2.05) is 0 Å². The number of amides is 1. The van der Waals surface area contributed by atoms with Crippen LogP contribution in [0, 0.1) is 6.92 Å². The van der Waals surface area contributed by atoms with E-state index in [9.17, 15) is 18.0 Å². The summed E-state index contributed by atoms with van der Waals surface area (Å²) in [5.41, 5.74) is -0.0783. The number of benzene rings is 1. The molecule has 5 nitrogen and oxygen atoms in total. The Kier molecular flexibility index (Phi) is 7.52. The van der Waals surface area contributed by atoms with Crippen LogP contribution in [0.3, 0.4) is 0 Å². The molecule has 1 aromatic carbocycles. The summed E-state index contributed by atoms with van der Waals surface area (Å²) in [4.78, 5) is 12.6. The molecular formula is C16H22ClF3N2O3. The molecule has 1 amide bonds. The Morgan fingerprint density at radius 3 is 2.52 bits per heavy atom. The molecule has 0 spiro atoms. The SMILES string of the molecule is COC1(C(=O)Nc2cccc(OCC(F)(F)F)c2C)CCNCC1.Cl. The van der Waals surface area contributed by atoms with Crippen molar-refractivity contribution in [3.63, 3.8) is 0 Å². The molecule has 0 atom stereocenters. The van der Waals surface area contributed by atoms with Crippen molar-refractivity contribution < 1.29 is 27.4 Å². The molecule has 0 saturated carbocycles. The van der Waals surface area contributed by atoms with E-state index in [1.54, 1.807) is 13.0 Å². The van der Waals surface area contributed by atoms with Crippen LogP contribution in [0.15, 0.2) is 18.2 Å². The summed E-state index contributed by atoms with van der Waals surface area (Å²) in [5, 5.41) is 5.91. The van der Waals surface area contributed by atoms with E-state index in [1.165, 1.54) is 19.2 Å². The van der Waals surface area contributed by atoms with Gasteiger partial charge in [-0.2, -0.15) is 13.2 Å². The summed E-state index contributed by atoms with van der Waals surface area (Å²) in [7, 11) is 1.49. The van der Waals surface area contributed by atoms with Crippen LogP contribution in [0.5, 0.6) is 5.75 Å². The molecule has 1 aliphatic rings. The van der Waals surface area contributed by atoms with Gasteiger partial charge in [-0.25, -0.2) is 0 Å². The fourth-order valence-corrected chi connectivity index (χ4v) is 2.66. The van der Waals surface area contributed by atoms with Gasteiger partial charge in [0.2, 0.25) is 0 Å². The van der Waals surface area contributed by atoms with Crippen molar-refractivity contribution in [1.82, 2.24) is 5.32 Å². The van der Waals surface area contributed by atoms with Crippen molar-refractivity contribution in [2.24, 2.45) is 0 Å². The van der Waals surface area contributed by atoms with Crippen molar-refractivity contribution in [2.45, 2.75) is 31.5 Å². The molecule has 1 saturated heterocycles. The first-order valence-electron chi connectivity index (χ1n) is 7.64. The predicted octanol–water partition coefficient (Wildman–Crippen LogP) is 3.07. The average Bonchev–Trinajstić information content (AvgIpc) is 2.55. The molecule has 0 aromatic heterocycles. The number of hydrogen-bond acceptors (Lipinski definition) is 4. The molecule has 0 unspecified atom stereocenters. The number of nitrogens with one attached hydrogen (secondary N) is 2. The van der Waals surface area contributed by atoms with Crippen molar-refractivity contribution >= 4 is 24.0 Å². The van der Waals surface area contributed by atoms with Crippen LogP contribution in [0.1, 0.15) is 18.4 Å². The maximum absolute atomic E-state index is 12.6. The van der Waals surface area contributed by atoms with Gasteiger partial charge in [0.1, 0.15) is 11.4 Å². The standard InChI is InChI=1S/C16H21F3N2O3.ClH/c1-11-12(4-3-5-13(11)24-10-16(17,18)19)21-14(22)15(23-2)6-8-20-9-7-15;/h3-5,20H,6-10H2,1-2H3,(H,21,22);1H. The number of carbonyl (C=O) groups excluding carboxylic acids is 1. The first-order chi connectivity index (χ1) is 11.3. The number of methoxy groups -OCH3 is 1. The summed E-state index contributed by atoms with van der Waals surface area (Å²) < 4.78 is 47.2. The minimum absolute atomic E-state index is 0. The monoisotopic (exact) mass is 382 g/mol. The topological polar surface area (TPSA) is 59.6 Å². The lowest BCUT2D eigenvalue weighted by Gasteiger charge is -2.35. The van der Waals surface area contributed by atoms with Crippen LogP contribution >= 0.6 is 12.4 Å². The highest BCUT2D eigenvalue weighted by molar-refractivity contribution is 5.98. The third-order valence-electron chi connectivity index (χ3n) is 4.14. The van der Waals surface area contributed by atoms with Gasteiger partial charge in [-0.1, -0.05) is 6.07 Å². The molecule has 25 heavy (non-hydrogen) atoms. The molecule has 9 heteroatoms. The highest BCUT2D eigenvalue weighted by atomic mass is 35.5. The summed E-state index contributed by atoms with van der Waals surface area (Å²) in [6.07, 6.45) is -3.36. The van der Waals surface area contributed by atoms with Crippen molar-refractivity contribution in [3.8, 4) is 5.75 Å². The maximum Gasteiger partial charge on any atom is 0.422 e. The summed E-state index contributed by atoms with van der Waals surface area (Å²) >= 11 is 0.